The smallest absolute Gasteiger partial charge is 0.248 e. The number of hydrogen-bond donors (Lipinski definition) is 2. The molecule has 2 aromatic rings. The second-order valence-electron chi connectivity index (χ2n) is 3.92. The summed E-state index contributed by atoms with van der Waals surface area (Å²) in [7, 11) is 0. The minimum Gasteiger partial charge on any atom is -0.396 e. The molecule has 0 aliphatic heterocycles. The Balaban J connectivity index is 2.25. The highest BCUT2D eigenvalue weighted by atomic mass is 16.2. The number of fused-ring (bicyclic) bond motifs is 1. The van der Waals surface area contributed by atoms with Crippen molar-refractivity contribution in [3.63, 3.8) is 0 Å². The number of pyridine rings is 1. The van der Waals surface area contributed by atoms with Crippen molar-refractivity contribution in [1.82, 2.24) is 4.98 Å². The van der Waals surface area contributed by atoms with Crippen molar-refractivity contribution in [1.29, 1.82) is 0 Å². The van der Waals surface area contributed by atoms with Gasteiger partial charge in [-0.25, -0.2) is 0 Å². The fourth-order valence-corrected chi connectivity index (χ4v) is 1.79. The Morgan fingerprint density at radius 3 is 2.75 bits per heavy atom. The maximum absolute atomic E-state index is 11.2. The van der Waals surface area contributed by atoms with Crippen molar-refractivity contribution in [3.8, 4) is 0 Å². The highest BCUT2D eigenvalue weighted by molar-refractivity contribution is 5.78. The van der Waals surface area contributed by atoms with Crippen LogP contribution in [0.25, 0.3) is 10.9 Å². The van der Waals surface area contributed by atoms with Crippen LogP contribution in [-0.2, 0) is 6.42 Å². The molecule has 0 saturated heterocycles. The Bertz CT molecular complexity index is 531. The molecule has 1 aromatic heterocycles. The highest BCUT2D eigenvalue weighted by Crippen LogP contribution is 2.13. The lowest BCUT2D eigenvalue weighted by Crippen LogP contribution is -2.02. The monoisotopic (exact) mass is 217 g/mol. The first-order chi connectivity index (χ1) is 7.79. The molecule has 84 valence electrons. The van der Waals surface area contributed by atoms with Crippen molar-refractivity contribution in [3.05, 3.63) is 46.2 Å². The molecule has 0 bridgehead atoms. The van der Waals surface area contributed by atoms with E-state index >= 15 is 0 Å². The molecule has 2 N–H and O–H groups in total. The highest BCUT2D eigenvalue weighted by Gasteiger charge is 1.97. The van der Waals surface area contributed by atoms with Gasteiger partial charge in [0.2, 0.25) is 5.56 Å². The normalized spacial score (nSPS) is 10.8. The molecule has 0 radical (unpaired) electrons. The molecule has 16 heavy (non-hydrogen) atoms. The van der Waals surface area contributed by atoms with E-state index < -0.39 is 0 Å². The van der Waals surface area contributed by atoms with E-state index in [4.69, 9.17) is 5.11 Å². The van der Waals surface area contributed by atoms with Gasteiger partial charge in [0.15, 0.2) is 0 Å². The number of nitrogens with one attached hydrogen (secondary N) is 1. The SMILES string of the molecule is O=c1ccc2ccc(CCCCO)cc2[nH]1. The van der Waals surface area contributed by atoms with Gasteiger partial charge in [-0.2, -0.15) is 0 Å². The summed E-state index contributed by atoms with van der Waals surface area (Å²) in [4.78, 5) is 14.0. The predicted octanol–water partition coefficient (Wildman–Crippen LogP) is 1.84. The van der Waals surface area contributed by atoms with Gasteiger partial charge < -0.3 is 10.1 Å². The molecule has 3 heteroatoms. The van der Waals surface area contributed by atoms with Gasteiger partial charge in [-0.05, 0) is 42.3 Å². The average Bonchev–Trinajstić information content (AvgIpc) is 2.29. The number of aromatic amines is 1. The molecule has 0 aliphatic carbocycles. The summed E-state index contributed by atoms with van der Waals surface area (Å²) in [5.41, 5.74) is 2.01. The van der Waals surface area contributed by atoms with Gasteiger partial charge in [0.1, 0.15) is 0 Å². The second-order valence-corrected chi connectivity index (χ2v) is 3.92. The lowest BCUT2D eigenvalue weighted by Gasteiger charge is -2.02. The van der Waals surface area contributed by atoms with E-state index in [1.807, 2.05) is 18.2 Å². The van der Waals surface area contributed by atoms with Crippen molar-refractivity contribution in [2.45, 2.75) is 19.3 Å². The molecule has 0 fully saturated rings. The van der Waals surface area contributed by atoms with E-state index in [-0.39, 0.29) is 12.2 Å². The molecule has 0 aliphatic rings. The van der Waals surface area contributed by atoms with Crippen LogP contribution in [0.2, 0.25) is 0 Å². The standard InChI is InChI=1S/C13H15NO2/c15-8-2-1-3-10-4-5-11-6-7-13(16)14-12(11)9-10/h4-7,9,15H,1-3,8H2,(H,14,16). The van der Waals surface area contributed by atoms with Gasteiger partial charge in [-0.1, -0.05) is 12.1 Å². The third-order valence-corrected chi connectivity index (χ3v) is 2.66. The molecule has 2 rings (SSSR count). The van der Waals surface area contributed by atoms with Gasteiger partial charge in [-0.3, -0.25) is 4.79 Å². The maximum Gasteiger partial charge on any atom is 0.248 e. The van der Waals surface area contributed by atoms with Crippen LogP contribution in [0.3, 0.4) is 0 Å². The largest absolute Gasteiger partial charge is 0.396 e. The average molecular weight is 217 g/mol. The second kappa shape index (κ2) is 4.94. The first-order valence-corrected chi connectivity index (χ1v) is 5.52. The number of unbranched alkanes of at least 4 members (excludes halogenated alkanes) is 1. The van der Waals surface area contributed by atoms with Gasteiger partial charge in [0.25, 0.3) is 0 Å². The predicted molar refractivity (Wildman–Crippen MR) is 64.6 cm³/mol. The van der Waals surface area contributed by atoms with Gasteiger partial charge in [-0.15, -0.1) is 0 Å². The fraction of sp³-hybridized carbons (Fsp3) is 0.308. The van der Waals surface area contributed by atoms with Crippen LogP contribution in [0.15, 0.2) is 35.1 Å². The molecule has 0 atom stereocenters. The van der Waals surface area contributed by atoms with Crippen molar-refractivity contribution in [2.24, 2.45) is 0 Å². The molecule has 0 spiro atoms. The zero-order valence-electron chi connectivity index (χ0n) is 9.07. The molecular weight excluding hydrogens is 202 g/mol. The Kier molecular flexibility index (Phi) is 3.37. The zero-order chi connectivity index (χ0) is 11.4. The summed E-state index contributed by atoms with van der Waals surface area (Å²) in [5, 5.41) is 9.75. The molecule has 0 amide bonds. The van der Waals surface area contributed by atoms with E-state index in [0.717, 1.165) is 30.2 Å². The third kappa shape index (κ3) is 2.49. The summed E-state index contributed by atoms with van der Waals surface area (Å²) in [6.07, 6.45) is 2.73. The van der Waals surface area contributed by atoms with Crippen LogP contribution in [0.1, 0.15) is 18.4 Å². The molecular formula is C13H15NO2. The van der Waals surface area contributed by atoms with E-state index in [2.05, 4.69) is 11.1 Å². The number of H-pyrrole nitrogens is 1. The molecule has 0 unspecified atom stereocenters. The van der Waals surface area contributed by atoms with Crippen LogP contribution in [0.4, 0.5) is 0 Å². The van der Waals surface area contributed by atoms with Crippen molar-refractivity contribution >= 4 is 10.9 Å². The minimum atomic E-state index is -0.0694. The van der Waals surface area contributed by atoms with E-state index in [0.29, 0.717) is 0 Å². The summed E-state index contributed by atoms with van der Waals surface area (Å²) >= 11 is 0. The Hall–Kier alpha value is -1.61. The van der Waals surface area contributed by atoms with Crippen LogP contribution in [0, 0.1) is 0 Å². The quantitative estimate of drug-likeness (QED) is 0.768. The molecule has 1 aromatic carbocycles. The van der Waals surface area contributed by atoms with Gasteiger partial charge in [0.05, 0.1) is 0 Å². The van der Waals surface area contributed by atoms with E-state index in [1.165, 1.54) is 11.6 Å². The van der Waals surface area contributed by atoms with Crippen molar-refractivity contribution in [2.75, 3.05) is 6.61 Å². The number of aromatic nitrogens is 1. The Morgan fingerprint density at radius 2 is 1.94 bits per heavy atom. The number of rotatable bonds is 4. The minimum absolute atomic E-state index is 0.0694. The van der Waals surface area contributed by atoms with Crippen molar-refractivity contribution < 1.29 is 5.11 Å². The van der Waals surface area contributed by atoms with Gasteiger partial charge >= 0.3 is 0 Å². The maximum atomic E-state index is 11.2. The number of aliphatic hydroxyl groups is 1. The van der Waals surface area contributed by atoms with Crippen LogP contribution in [-0.4, -0.2) is 16.7 Å². The van der Waals surface area contributed by atoms with E-state index in [1.54, 1.807) is 0 Å². The summed E-state index contributed by atoms with van der Waals surface area (Å²) in [6, 6.07) is 9.45. The van der Waals surface area contributed by atoms with Crippen LogP contribution < -0.4 is 5.56 Å². The number of benzene rings is 1. The molecule has 1 heterocycles. The molecule has 0 saturated carbocycles. The lowest BCUT2D eigenvalue weighted by atomic mass is 10.1. The molecule has 3 nitrogen and oxygen atoms in total. The number of aliphatic hydroxyl groups excluding tert-OH is 1. The van der Waals surface area contributed by atoms with Crippen LogP contribution in [0.5, 0.6) is 0 Å². The third-order valence-electron chi connectivity index (χ3n) is 2.66. The zero-order valence-corrected chi connectivity index (χ0v) is 9.07. The first-order valence-electron chi connectivity index (χ1n) is 5.52. The van der Waals surface area contributed by atoms with Crippen LogP contribution >= 0.6 is 0 Å². The van der Waals surface area contributed by atoms with Gasteiger partial charge in [0, 0.05) is 18.2 Å². The first kappa shape index (κ1) is 10.9. The Morgan fingerprint density at radius 1 is 1.12 bits per heavy atom. The summed E-state index contributed by atoms with van der Waals surface area (Å²) < 4.78 is 0. The lowest BCUT2D eigenvalue weighted by molar-refractivity contribution is 0.284. The summed E-state index contributed by atoms with van der Waals surface area (Å²) in [6.45, 7) is 0.240. The topological polar surface area (TPSA) is 53.1 Å². The number of aryl methyl sites for hydroxylation is 1. The number of hydrogen-bond acceptors (Lipinski definition) is 2. The Labute approximate surface area is 93.7 Å². The van der Waals surface area contributed by atoms with E-state index in [9.17, 15) is 4.79 Å². The fourth-order valence-electron chi connectivity index (χ4n) is 1.79. The summed E-state index contributed by atoms with van der Waals surface area (Å²) in [5.74, 6) is 0.